The number of ether oxygens (including phenoxy) is 1. The summed E-state index contributed by atoms with van der Waals surface area (Å²) in [6.45, 7) is 5.39. The first kappa shape index (κ1) is 15.3. The van der Waals surface area contributed by atoms with E-state index in [1.54, 1.807) is 6.07 Å². The molecule has 6 nitrogen and oxygen atoms in total. The average Bonchev–Trinajstić information content (AvgIpc) is 3.04. The Balaban J connectivity index is 1.67. The van der Waals surface area contributed by atoms with Crippen molar-refractivity contribution in [3.05, 3.63) is 35.2 Å². The van der Waals surface area contributed by atoms with Crippen LogP contribution < -0.4 is 0 Å². The number of nitriles is 1. The quantitative estimate of drug-likeness (QED) is 0.684. The first-order chi connectivity index (χ1) is 11.8. The molecule has 24 heavy (non-hydrogen) atoms. The van der Waals surface area contributed by atoms with Crippen LogP contribution in [0.3, 0.4) is 0 Å². The van der Waals surface area contributed by atoms with E-state index in [-0.39, 0.29) is 5.15 Å². The van der Waals surface area contributed by atoms with E-state index in [1.165, 1.54) is 0 Å². The van der Waals surface area contributed by atoms with Crippen LogP contribution in [-0.4, -0.2) is 52.3 Å². The topological polar surface area (TPSA) is 67.0 Å². The number of halogens is 1. The van der Waals surface area contributed by atoms with E-state index in [0.29, 0.717) is 5.56 Å². The number of nitrogens with zero attached hydrogens (tertiary/aromatic N) is 5. The van der Waals surface area contributed by atoms with Gasteiger partial charge in [-0.2, -0.15) is 5.26 Å². The van der Waals surface area contributed by atoms with Gasteiger partial charge in [-0.1, -0.05) is 17.7 Å². The van der Waals surface area contributed by atoms with Gasteiger partial charge in [0, 0.05) is 31.6 Å². The van der Waals surface area contributed by atoms with Crippen LogP contribution in [0.25, 0.3) is 21.9 Å². The summed E-state index contributed by atoms with van der Waals surface area (Å²) in [4.78, 5) is 11.3. The Morgan fingerprint density at radius 1 is 1.21 bits per heavy atom. The number of hydrogen-bond donors (Lipinski definition) is 0. The number of hydrogen-bond acceptors (Lipinski definition) is 5. The number of benzene rings is 1. The Morgan fingerprint density at radius 3 is 2.83 bits per heavy atom. The third kappa shape index (κ3) is 2.71. The second kappa shape index (κ2) is 6.36. The van der Waals surface area contributed by atoms with E-state index >= 15 is 0 Å². The lowest BCUT2D eigenvalue weighted by atomic mass is 10.1. The molecule has 1 aromatic carbocycles. The van der Waals surface area contributed by atoms with E-state index in [1.807, 2.05) is 18.5 Å². The lowest BCUT2D eigenvalue weighted by Crippen LogP contribution is -2.38. The largest absolute Gasteiger partial charge is 0.379 e. The van der Waals surface area contributed by atoms with Gasteiger partial charge in [-0.25, -0.2) is 9.97 Å². The van der Waals surface area contributed by atoms with E-state index in [9.17, 15) is 0 Å². The van der Waals surface area contributed by atoms with Crippen LogP contribution in [0.4, 0.5) is 0 Å². The van der Waals surface area contributed by atoms with Crippen molar-refractivity contribution in [2.24, 2.45) is 0 Å². The second-order valence-electron chi connectivity index (χ2n) is 5.84. The first-order valence-corrected chi connectivity index (χ1v) is 8.28. The molecule has 1 saturated heterocycles. The van der Waals surface area contributed by atoms with Crippen molar-refractivity contribution in [1.82, 2.24) is 19.4 Å². The average molecular weight is 342 g/mol. The molecule has 0 spiro atoms. The molecule has 7 heteroatoms. The molecule has 0 atom stereocenters. The van der Waals surface area contributed by atoms with Gasteiger partial charge in [0.25, 0.3) is 0 Å². The van der Waals surface area contributed by atoms with Crippen LogP contribution in [0.5, 0.6) is 0 Å². The minimum Gasteiger partial charge on any atom is -0.379 e. The maximum absolute atomic E-state index is 9.08. The monoisotopic (exact) mass is 341 g/mol. The molecule has 3 heterocycles. The number of pyridine rings is 1. The van der Waals surface area contributed by atoms with Crippen molar-refractivity contribution in [2.75, 3.05) is 32.8 Å². The molecule has 0 aliphatic carbocycles. The van der Waals surface area contributed by atoms with Crippen molar-refractivity contribution in [3.8, 4) is 6.07 Å². The lowest BCUT2D eigenvalue weighted by Gasteiger charge is -2.26. The molecule has 0 radical (unpaired) electrons. The van der Waals surface area contributed by atoms with Crippen LogP contribution in [0.1, 0.15) is 5.56 Å². The highest BCUT2D eigenvalue weighted by molar-refractivity contribution is 6.31. The van der Waals surface area contributed by atoms with E-state index in [0.717, 1.165) is 61.3 Å². The van der Waals surface area contributed by atoms with Crippen molar-refractivity contribution in [2.45, 2.75) is 6.54 Å². The van der Waals surface area contributed by atoms with Crippen LogP contribution in [-0.2, 0) is 11.3 Å². The number of morpholine rings is 1. The zero-order chi connectivity index (χ0) is 16.5. The molecule has 1 aliphatic rings. The van der Waals surface area contributed by atoms with E-state index in [2.05, 4.69) is 25.5 Å². The fraction of sp³-hybridized carbons (Fsp3) is 0.353. The first-order valence-electron chi connectivity index (χ1n) is 7.90. The highest BCUT2D eigenvalue weighted by Crippen LogP contribution is 2.26. The van der Waals surface area contributed by atoms with Crippen molar-refractivity contribution < 1.29 is 4.74 Å². The summed E-state index contributed by atoms with van der Waals surface area (Å²) in [5.41, 5.74) is 2.97. The van der Waals surface area contributed by atoms with Crippen LogP contribution in [0.2, 0.25) is 5.15 Å². The second-order valence-corrected chi connectivity index (χ2v) is 6.19. The minimum absolute atomic E-state index is 0.223. The van der Waals surface area contributed by atoms with E-state index < -0.39 is 0 Å². The molecule has 0 N–H and O–H groups in total. The highest BCUT2D eigenvalue weighted by atomic mass is 35.5. The Hall–Kier alpha value is -2.20. The standard InChI is InChI=1S/C17H16ClN5O/c18-17-13(10-19)9-12-1-2-14-16(15(12)21-17)20-11-23(14)4-3-22-5-7-24-8-6-22/h1-2,9,11H,3-8H2. The van der Waals surface area contributed by atoms with Gasteiger partial charge >= 0.3 is 0 Å². The molecule has 3 aromatic rings. The van der Waals surface area contributed by atoms with Gasteiger partial charge in [0.05, 0.1) is 36.1 Å². The molecular weight excluding hydrogens is 326 g/mol. The summed E-state index contributed by atoms with van der Waals surface area (Å²) in [5.74, 6) is 0. The van der Waals surface area contributed by atoms with Gasteiger partial charge < -0.3 is 9.30 Å². The summed E-state index contributed by atoms with van der Waals surface area (Å²) < 4.78 is 7.52. The van der Waals surface area contributed by atoms with Crippen molar-refractivity contribution >= 4 is 33.5 Å². The summed E-state index contributed by atoms with van der Waals surface area (Å²) in [5, 5.41) is 10.2. The molecule has 0 amide bonds. The fourth-order valence-corrected chi connectivity index (χ4v) is 3.25. The molecule has 2 aromatic heterocycles. The maximum atomic E-state index is 9.08. The summed E-state index contributed by atoms with van der Waals surface area (Å²) >= 11 is 6.09. The zero-order valence-electron chi connectivity index (χ0n) is 13.1. The summed E-state index contributed by atoms with van der Waals surface area (Å²) in [7, 11) is 0. The smallest absolute Gasteiger partial charge is 0.147 e. The Morgan fingerprint density at radius 2 is 2.04 bits per heavy atom. The summed E-state index contributed by atoms with van der Waals surface area (Å²) in [6.07, 6.45) is 1.85. The van der Waals surface area contributed by atoms with E-state index in [4.69, 9.17) is 21.6 Å². The lowest BCUT2D eigenvalue weighted by molar-refractivity contribution is 0.0365. The van der Waals surface area contributed by atoms with Crippen LogP contribution in [0, 0.1) is 11.3 Å². The predicted octanol–water partition coefficient (Wildman–Crippen LogP) is 2.44. The third-order valence-electron chi connectivity index (χ3n) is 4.41. The number of aromatic nitrogens is 3. The molecule has 0 unspecified atom stereocenters. The third-order valence-corrected chi connectivity index (χ3v) is 4.70. The van der Waals surface area contributed by atoms with Crippen molar-refractivity contribution in [1.29, 1.82) is 5.26 Å². The maximum Gasteiger partial charge on any atom is 0.147 e. The normalized spacial score (nSPS) is 15.8. The fourth-order valence-electron chi connectivity index (χ4n) is 3.07. The minimum atomic E-state index is 0.223. The molecule has 122 valence electrons. The number of imidazole rings is 1. The zero-order valence-corrected chi connectivity index (χ0v) is 13.8. The molecule has 4 rings (SSSR count). The Labute approximate surface area is 144 Å². The van der Waals surface area contributed by atoms with Crippen molar-refractivity contribution in [3.63, 3.8) is 0 Å². The molecular formula is C17H16ClN5O. The van der Waals surface area contributed by atoms with Gasteiger partial charge in [0.15, 0.2) is 0 Å². The van der Waals surface area contributed by atoms with Crippen LogP contribution >= 0.6 is 11.6 Å². The van der Waals surface area contributed by atoms with Gasteiger partial charge in [-0.3, -0.25) is 4.90 Å². The van der Waals surface area contributed by atoms with Gasteiger partial charge in [-0.05, 0) is 12.1 Å². The Bertz CT molecular complexity index is 939. The number of fused-ring (bicyclic) bond motifs is 3. The molecule has 0 bridgehead atoms. The summed E-state index contributed by atoms with van der Waals surface area (Å²) in [6, 6.07) is 7.82. The van der Waals surface area contributed by atoms with Gasteiger partial charge in [-0.15, -0.1) is 0 Å². The molecule has 1 fully saturated rings. The molecule has 1 aliphatic heterocycles. The van der Waals surface area contributed by atoms with Gasteiger partial charge in [0.1, 0.15) is 16.7 Å². The number of rotatable bonds is 3. The van der Waals surface area contributed by atoms with Crippen LogP contribution in [0.15, 0.2) is 24.5 Å². The SMILES string of the molecule is N#Cc1cc2ccc3c(ncn3CCN3CCOCC3)c2nc1Cl. The molecule has 0 saturated carbocycles. The highest BCUT2D eigenvalue weighted by Gasteiger charge is 2.13. The Kier molecular flexibility index (Phi) is 4.07. The van der Waals surface area contributed by atoms with Gasteiger partial charge in [0.2, 0.25) is 0 Å². The predicted molar refractivity (Wildman–Crippen MR) is 92.0 cm³/mol.